The largest absolute Gasteiger partial charge is 0.321 e. The van der Waals surface area contributed by atoms with Crippen LogP contribution in [0.1, 0.15) is 9.67 Å². The average molecular weight is 338 g/mol. The number of carbonyl (C=O) groups excluding carboxylic acids is 1. The number of hydrogen-bond donors (Lipinski definition) is 1. The predicted octanol–water partition coefficient (Wildman–Crippen LogP) is 4.98. The lowest BCUT2D eigenvalue weighted by Gasteiger charge is -2.04. The molecule has 2 heterocycles. The van der Waals surface area contributed by atoms with Gasteiger partial charge in [0.1, 0.15) is 4.88 Å². The van der Waals surface area contributed by atoms with Crippen LogP contribution in [-0.4, -0.2) is 5.91 Å². The molecule has 0 atom stereocenters. The lowest BCUT2D eigenvalue weighted by atomic mass is 10.2. The zero-order valence-corrected chi connectivity index (χ0v) is 12.4. The topological polar surface area (TPSA) is 29.1 Å². The summed E-state index contributed by atoms with van der Waals surface area (Å²) in [6.45, 7) is 0. The van der Waals surface area contributed by atoms with Crippen LogP contribution in [0, 0.1) is 0 Å². The molecule has 2 nitrogen and oxygen atoms in total. The lowest BCUT2D eigenvalue weighted by molar-refractivity contribution is 0.103. The van der Waals surface area contributed by atoms with E-state index in [4.69, 9.17) is 0 Å². The zero-order valence-electron chi connectivity index (χ0n) is 9.14. The van der Waals surface area contributed by atoms with Gasteiger partial charge in [-0.2, -0.15) is 0 Å². The Kier molecular flexibility index (Phi) is 3.20. The third kappa shape index (κ3) is 2.21. The molecule has 18 heavy (non-hydrogen) atoms. The average Bonchev–Trinajstić information content (AvgIpc) is 2.96. The first kappa shape index (κ1) is 11.9. The van der Waals surface area contributed by atoms with E-state index in [1.807, 2.05) is 35.0 Å². The highest BCUT2D eigenvalue weighted by Gasteiger charge is 2.11. The van der Waals surface area contributed by atoms with Crippen LogP contribution in [0.15, 0.2) is 45.6 Å². The van der Waals surface area contributed by atoms with Crippen molar-refractivity contribution in [2.45, 2.75) is 0 Å². The lowest BCUT2D eigenvalue weighted by Crippen LogP contribution is -2.10. The van der Waals surface area contributed by atoms with E-state index in [1.165, 1.54) is 16.0 Å². The maximum absolute atomic E-state index is 12.0. The Morgan fingerprint density at radius 3 is 2.72 bits per heavy atom. The second-order valence-corrected chi connectivity index (χ2v) is 6.44. The van der Waals surface area contributed by atoms with Gasteiger partial charge in [0, 0.05) is 14.9 Å². The van der Waals surface area contributed by atoms with Gasteiger partial charge in [-0.25, -0.2) is 0 Å². The summed E-state index contributed by atoms with van der Waals surface area (Å²) in [5.41, 5.74) is 0.825. The molecule has 0 aliphatic rings. The standard InChI is InChI=1S/C13H8BrNOS2/c14-10-4-6-18-12(10)13(16)15-9-1-2-11-8(7-9)3-5-17-11/h1-7H,(H,15,16). The molecule has 0 saturated heterocycles. The Balaban J connectivity index is 1.88. The summed E-state index contributed by atoms with van der Waals surface area (Å²) in [6.07, 6.45) is 0. The summed E-state index contributed by atoms with van der Waals surface area (Å²) in [5, 5.41) is 8.01. The molecule has 0 aliphatic carbocycles. The highest BCUT2D eigenvalue weighted by Crippen LogP contribution is 2.26. The number of fused-ring (bicyclic) bond motifs is 1. The van der Waals surface area contributed by atoms with E-state index in [0.29, 0.717) is 4.88 Å². The van der Waals surface area contributed by atoms with Gasteiger partial charge in [0.25, 0.3) is 5.91 Å². The number of halogens is 1. The fraction of sp³-hybridized carbons (Fsp3) is 0. The van der Waals surface area contributed by atoms with E-state index in [-0.39, 0.29) is 5.91 Å². The van der Waals surface area contributed by atoms with Crippen LogP contribution < -0.4 is 5.32 Å². The number of amides is 1. The van der Waals surface area contributed by atoms with Crippen LogP contribution in [0.5, 0.6) is 0 Å². The van der Waals surface area contributed by atoms with Gasteiger partial charge in [-0.3, -0.25) is 4.79 Å². The first-order valence-corrected chi connectivity index (χ1v) is 7.81. The van der Waals surface area contributed by atoms with E-state index < -0.39 is 0 Å². The Bertz CT molecular complexity index is 716. The van der Waals surface area contributed by atoms with Crippen LogP contribution >= 0.6 is 38.6 Å². The number of benzene rings is 1. The molecule has 3 rings (SSSR count). The quantitative estimate of drug-likeness (QED) is 0.702. The smallest absolute Gasteiger partial charge is 0.266 e. The second-order valence-electron chi connectivity index (χ2n) is 3.72. The van der Waals surface area contributed by atoms with Gasteiger partial charge >= 0.3 is 0 Å². The maximum atomic E-state index is 12.0. The van der Waals surface area contributed by atoms with Gasteiger partial charge in [0.2, 0.25) is 0 Å². The van der Waals surface area contributed by atoms with Gasteiger partial charge in [0.15, 0.2) is 0 Å². The Labute approximate surface area is 120 Å². The van der Waals surface area contributed by atoms with Gasteiger partial charge in [-0.15, -0.1) is 22.7 Å². The molecule has 1 aromatic carbocycles. The summed E-state index contributed by atoms with van der Waals surface area (Å²) in [6, 6.07) is 9.88. The molecule has 0 radical (unpaired) electrons. The first-order chi connectivity index (χ1) is 8.74. The molecule has 0 spiro atoms. The molecular formula is C13H8BrNOS2. The van der Waals surface area contributed by atoms with Crippen molar-refractivity contribution in [3.63, 3.8) is 0 Å². The minimum absolute atomic E-state index is 0.0774. The molecule has 0 saturated carbocycles. The monoisotopic (exact) mass is 337 g/mol. The predicted molar refractivity (Wildman–Crippen MR) is 81.8 cm³/mol. The second kappa shape index (κ2) is 4.84. The first-order valence-electron chi connectivity index (χ1n) is 5.25. The molecule has 2 aromatic heterocycles. The molecule has 0 aliphatic heterocycles. The number of hydrogen-bond acceptors (Lipinski definition) is 3. The van der Waals surface area contributed by atoms with Gasteiger partial charge in [0.05, 0.1) is 0 Å². The highest BCUT2D eigenvalue weighted by molar-refractivity contribution is 9.10. The summed E-state index contributed by atoms with van der Waals surface area (Å²) >= 11 is 6.49. The molecule has 0 unspecified atom stereocenters. The fourth-order valence-corrected chi connectivity index (χ4v) is 3.91. The molecule has 90 valence electrons. The van der Waals surface area contributed by atoms with Crippen molar-refractivity contribution in [1.29, 1.82) is 0 Å². The van der Waals surface area contributed by atoms with Gasteiger partial charge < -0.3 is 5.32 Å². The normalized spacial score (nSPS) is 10.7. The summed E-state index contributed by atoms with van der Waals surface area (Å²) < 4.78 is 2.06. The number of carbonyl (C=O) groups is 1. The Morgan fingerprint density at radius 1 is 1.11 bits per heavy atom. The fourth-order valence-electron chi connectivity index (χ4n) is 1.69. The number of anilines is 1. The number of rotatable bonds is 2. The molecule has 0 bridgehead atoms. The molecule has 3 aromatic rings. The van der Waals surface area contributed by atoms with Crippen LogP contribution in [-0.2, 0) is 0 Å². The Morgan fingerprint density at radius 2 is 1.94 bits per heavy atom. The third-order valence-corrected chi connectivity index (χ3v) is 5.27. The van der Waals surface area contributed by atoms with E-state index in [9.17, 15) is 4.79 Å². The zero-order chi connectivity index (χ0) is 12.5. The number of nitrogens with one attached hydrogen (secondary N) is 1. The summed E-state index contributed by atoms with van der Waals surface area (Å²) in [5.74, 6) is -0.0774. The van der Waals surface area contributed by atoms with E-state index >= 15 is 0 Å². The maximum Gasteiger partial charge on any atom is 0.266 e. The minimum Gasteiger partial charge on any atom is -0.321 e. The van der Waals surface area contributed by atoms with Crippen molar-refractivity contribution in [3.8, 4) is 0 Å². The van der Waals surface area contributed by atoms with Gasteiger partial charge in [-0.1, -0.05) is 0 Å². The summed E-state index contributed by atoms with van der Waals surface area (Å²) in [4.78, 5) is 12.7. The van der Waals surface area contributed by atoms with Crippen molar-refractivity contribution in [2.75, 3.05) is 5.32 Å². The summed E-state index contributed by atoms with van der Waals surface area (Å²) in [7, 11) is 0. The highest BCUT2D eigenvalue weighted by atomic mass is 79.9. The van der Waals surface area contributed by atoms with Crippen LogP contribution in [0.25, 0.3) is 10.1 Å². The van der Waals surface area contributed by atoms with E-state index in [0.717, 1.165) is 15.5 Å². The van der Waals surface area contributed by atoms with Crippen molar-refractivity contribution < 1.29 is 4.79 Å². The van der Waals surface area contributed by atoms with Crippen LogP contribution in [0.4, 0.5) is 5.69 Å². The Hall–Kier alpha value is -1.17. The minimum atomic E-state index is -0.0774. The van der Waals surface area contributed by atoms with Crippen LogP contribution in [0.2, 0.25) is 0 Å². The molecule has 1 N–H and O–H groups in total. The number of thiophene rings is 2. The van der Waals surface area contributed by atoms with Crippen molar-refractivity contribution in [2.24, 2.45) is 0 Å². The van der Waals surface area contributed by atoms with Crippen LogP contribution in [0.3, 0.4) is 0 Å². The van der Waals surface area contributed by atoms with E-state index in [2.05, 4.69) is 27.3 Å². The van der Waals surface area contributed by atoms with Crippen molar-refractivity contribution >= 4 is 60.3 Å². The molecule has 0 fully saturated rings. The molecule has 1 amide bonds. The third-order valence-electron chi connectivity index (χ3n) is 2.53. The molecular weight excluding hydrogens is 330 g/mol. The SMILES string of the molecule is O=C(Nc1ccc2sccc2c1)c1sccc1Br. The van der Waals surface area contributed by atoms with Gasteiger partial charge in [-0.05, 0) is 62.4 Å². The van der Waals surface area contributed by atoms with E-state index in [1.54, 1.807) is 11.3 Å². The molecule has 5 heteroatoms. The van der Waals surface area contributed by atoms with Crippen molar-refractivity contribution in [3.05, 3.63) is 50.4 Å². The van der Waals surface area contributed by atoms with Crippen molar-refractivity contribution in [1.82, 2.24) is 0 Å².